The van der Waals surface area contributed by atoms with Gasteiger partial charge < -0.3 is 10.1 Å². The molecule has 1 aromatic rings. The largest absolute Gasteiger partial charge is 0.465 e. The lowest BCUT2D eigenvalue weighted by Crippen LogP contribution is -2.26. The third-order valence-corrected chi connectivity index (χ3v) is 3.65. The SMILES string of the molecule is COC(=O)c1ccccc1NC(C#N)C1CCCC1. The van der Waals surface area contributed by atoms with E-state index < -0.39 is 0 Å². The molecule has 1 aromatic carbocycles. The van der Waals surface area contributed by atoms with Gasteiger partial charge in [-0.3, -0.25) is 0 Å². The smallest absolute Gasteiger partial charge is 0.339 e. The van der Waals surface area contributed by atoms with Crippen LogP contribution in [0.4, 0.5) is 5.69 Å². The molecule has 1 saturated carbocycles. The van der Waals surface area contributed by atoms with Crippen molar-refractivity contribution in [2.24, 2.45) is 5.92 Å². The topological polar surface area (TPSA) is 62.1 Å². The first-order chi connectivity index (χ1) is 9.26. The van der Waals surface area contributed by atoms with E-state index in [4.69, 9.17) is 4.74 Å². The summed E-state index contributed by atoms with van der Waals surface area (Å²) in [6, 6.07) is 9.22. The van der Waals surface area contributed by atoms with Crippen LogP contribution in [-0.4, -0.2) is 19.1 Å². The zero-order valence-electron chi connectivity index (χ0n) is 11.1. The monoisotopic (exact) mass is 258 g/mol. The van der Waals surface area contributed by atoms with Crippen LogP contribution in [0.25, 0.3) is 0 Å². The first-order valence-electron chi connectivity index (χ1n) is 6.59. The number of rotatable bonds is 4. The number of hydrogen-bond acceptors (Lipinski definition) is 4. The second kappa shape index (κ2) is 6.24. The van der Waals surface area contributed by atoms with Gasteiger partial charge in [0.15, 0.2) is 0 Å². The van der Waals surface area contributed by atoms with Crippen LogP contribution in [0.2, 0.25) is 0 Å². The molecule has 0 amide bonds. The van der Waals surface area contributed by atoms with Crippen molar-refractivity contribution in [1.29, 1.82) is 5.26 Å². The van der Waals surface area contributed by atoms with Crippen LogP contribution in [0.3, 0.4) is 0 Å². The minimum Gasteiger partial charge on any atom is -0.465 e. The average Bonchev–Trinajstić information content (AvgIpc) is 2.98. The van der Waals surface area contributed by atoms with Gasteiger partial charge in [0.1, 0.15) is 6.04 Å². The Hall–Kier alpha value is -2.02. The van der Waals surface area contributed by atoms with E-state index in [2.05, 4.69) is 11.4 Å². The molecule has 4 nitrogen and oxygen atoms in total. The predicted molar refractivity (Wildman–Crippen MR) is 72.8 cm³/mol. The molecular weight excluding hydrogens is 240 g/mol. The molecule has 0 spiro atoms. The molecular formula is C15H18N2O2. The Kier molecular flexibility index (Phi) is 4.40. The standard InChI is InChI=1S/C15H18N2O2/c1-19-15(18)12-8-4-5-9-13(12)17-14(10-16)11-6-2-3-7-11/h4-5,8-9,11,14,17H,2-3,6-7H2,1H3. The Morgan fingerprint density at radius 1 is 1.42 bits per heavy atom. The number of anilines is 1. The molecule has 0 aliphatic heterocycles. The summed E-state index contributed by atoms with van der Waals surface area (Å²) in [6.07, 6.45) is 4.52. The Morgan fingerprint density at radius 2 is 2.11 bits per heavy atom. The maximum atomic E-state index is 11.7. The maximum Gasteiger partial charge on any atom is 0.339 e. The molecule has 2 rings (SSSR count). The van der Waals surface area contributed by atoms with Crippen LogP contribution in [0.15, 0.2) is 24.3 Å². The Bertz CT molecular complexity index is 487. The van der Waals surface area contributed by atoms with E-state index in [1.165, 1.54) is 20.0 Å². The first-order valence-corrected chi connectivity index (χ1v) is 6.59. The van der Waals surface area contributed by atoms with Crippen LogP contribution in [-0.2, 0) is 4.74 Å². The fraction of sp³-hybridized carbons (Fsp3) is 0.467. The highest BCUT2D eigenvalue weighted by Crippen LogP contribution is 2.30. The van der Waals surface area contributed by atoms with Crippen molar-refractivity contribution < 1.29 is 9.53 Å². The molecule has 0 saturated heterocycles. The van der Waals surface area contributed by atoms with Gasteiger partial charge in [-0.1, -0.05) is 25.0 Å². The Morgan fingerprint density at radius 3 is 2.74 bits per heavy atom. The van der Waals surface area contributed by atoms with Crippen LogP contribution < -0.4 is 5.32 Å². The second-order valence-electron chi connectivity index (χ2n) is 4.83. The lowest BCUT2D eigenvalue weighted by atomic mass is 9.98. The summed E-state index contributed by atoms with van der Waals surface area (Å²) in [7, 11) is 1.36. The zero-order chi connectivity index (χ0) is 13.7. The Balaban J connectivity index is 2.17. The summed E-state index contributed by atoms with van der Waals surface area (Å²) in [5.74, 6) is -0.0121. The number of carbonyl (C=O) groups is 1. The molecule has 1 fully saturated rings. The van der Waals surface area contributed by atoms with E-state index in [1.807, 2.05) is 12.1 Å². The fourth-order valence-corrected chi connectivity index (χ4v) is 2.61. The number of para-hydroxylation sites is 1. The first kappa shape index (κ1) is 13.4. The summed E-state index contributed by atoms with van der Waals surface area (Å²) < 4.78 is 4.76. The normalized spacial score (nSPS) is 16.6. The zero-order valence-corrected chi connectivity index (χ0v) is 11.1. The molecule has 0 radical (unpaired) electrons. The number of carbonyl (C=O) groups excluding carboxylic acids is 1. The number of nitrogens with one attached hydrogen (secondary N) is 1. The van der Waals surface area contributed by atoms with Gasteiger partial charge in [-0.15, -0.1) is 0 Å². The molecule has 0 heterocycles. The number of hydrogen-bond donors (Lipinski definition) is 1. The molecule has 1 aliphatic rings. The number of nitriles is 1. The van der Waals surface area contributed by atoms with Crippen molar-refractivity contribution in [2.45, 2.75) is 31.7 Å². The highest BCUT2D eigenvalue weighted by atomic mass is 16.5. The van der Waals surface area contributed by atoms with E-state index in [1.54, 1.807) is 12.1 Å². The number of esters is 1. The average molecular weight is 258 g/mol. The third-order valence-electron chi connectivity index (χ3n) is 3.65. The minimum absolute atomic E-state index is 0.242. The van der Waals surface area contributed by atoms with E-state index in [-0.39, 0.29) is 12.0 Å². The number of benzene rings is 1. The summed E-state index contributed by atoms with van der Waals surface area (Å²) in [5, 5.41) is 12.5. The summed E-state index contributed by atoms with van der Waals surface area (Å²) in [4.78, 5) is 11.7. The molecule has 4 heteroatoms. The molecule has 19 heavy (non-hydrogen) atoms. The summed E-state index contributed by atoms with van der Waals surface area (Å²) >= 11 is 0. The minimum atomic E-state index is -0.383. The number of methoxy groups -OCH3 is 1. The Labute approximate surface area is 113 Å². The van der Waals surface area contributed by atoms with Gasteiger partial charge >= 0.3 is 5.97 Å². The van der Waals surface area contributed by atoms with E-state index >= 15 is 0 Å². The van der Waals surface area contributed by atoms with Crippen molar-refractivity contribution in [3.8, 4) is 6.07 Å². The van der Waals surface area contributed by atoms with Gasteiger partial charge in [0.05, 0.1) is 18.7 Å². The van der Waals surface area contributed by atoms with E-state index in [0.29, 0.717) is 17.2 Å². The van der Waals surface area contributed by atoms with Crippen LogP contribution in [0, 0.1) is 17.2 Å². The predicted octanol–water partition coefficient (Wildman–Crippen LogP) is 2.97. The lowest BCUT2D eigenvalue weighted by molar-refractivity contribution is 0.0602. The molecule has 1 atom stereocenters. The van der Waals surface area contributed by atoms with Crippen molar-refractivity contribution in [1.82, 2.24) is 0 Å². The van der Waals surface area contributed by atoms with E-state index in [0.717, 1.165) is 12.8 Å². The van der Waals surface area contributed by atoms with Gasteiger partial charge in [0.25, 0.3) is 0 Å². The molecule has 1 unspecified atom stereocenters. The lowest BCUT2D eigenvalue weighted by Gasteiger charge is -2.20. The van der Waals surface area contributed by atoms with Gasteiger partial charge in [-0.2, -0.15) is 5.26 Å². The highest BCUT2D eigenvalue weighted by molar-refractivity contribution is 5.95. The molecule has 0 aromatic heterocycles. The van der Waals surface area contributed by atoms with Crippen LogP contribution in [0.5, 0.6) is 0 Å². The van der Waals surface area contributed by atoms with E-state index in [9.17, 15) is 10.1 Å². The summed E-state index contributed by atoms with van der Waals surface area (Å²) in [5.41, 5.74) is 1.15. The number of nitrogens with zero attached hydrogens (tertiary/aromatic N) is 1. The second-order valence-corrected chi connectivity index (χ2v) is 4.83. The van der Waals surface area contributed by atoms with Gasteiger partial charge in [0.2, 0.25) is 0 Å². The highest BCUT2D eigenvalue weighted by Gasteiger charge is 2.25. The van der Waals surface area contributed by atoms with Gasteiger partial charge in [-0.05, 0) is 30.9 Å². The molecule has 1 aliphatic carbocycles. The molecule has 0 bridgehead atoms. The van der Waals surface area contributed by atoms with Crippen molar-refractivity contribution in [3.63, 3.8) is 0 Å². The van der Waals surface area contributed by atoms with Crippen LogP contribution >= 0.6 is 0 Å². The molecule has 100 valence electrons. The van der Waals surface area contributed by atoms with Crippen molar-refractivity contribution in [2.75, 3.05) is 12.4 Å². The number of ether oxygens (including phenoxy) is 1. The van der Waals surface area contributed by atoms with Gasteiger partial charge in [0, 0.05) is 5.69 Å². The van der Waals surface area contributed by atoms with Gasteiger partial charge in [-0.25, -0.2) is 4.79 Å². The van der Waals surface area contributed by atoms with Crippen LogP contribution in [0.1, 0.15) is 36.0 Å². The molecule has 1 N–H and O–H groups in total. The fourth-order valence-electron chi connectivity index (χ4n) is 2.61. The maximum absolute atomic E-state index is 11.7. The van der Waals surface area contributed by atoms with Crippen molar-refractivity contribution >= 4 is 11.7 Å². The van der Waals surface area contributed by atoms with Crippen molar-refractivity contribution in [3.05, 3.63) is 29.8 Å². The summed E-state index contributed by atoms with van der Waals surface area (Å²) in [6.45, 7) is 0. The third kappa shape index (κ3) is 3.05. The quantitative estimate of drug-likeness (QED) is 0.843.